The molecule has 5 nitrogen and oxygen atoms in total. The molecule has 1 atom stereocenters. The lowest BCUT2D eigenvalue weighted by Gasteiger charge is -2.22. The number of hydrogen-bond donors (Lipinski definition) is 1. The fourth-order valence-electron chi connectivity index (χ4n) is 2.52. The van der Waals surface area contributed by atoms with Crippen molar-refractivity contribution in [2.24, 2.45) is 0 Å². The van der Waals surface area contributed by atoms with E-state index in [4.69, 9.17) is 4.42 Å². The Bertz CT molecular complexity index is 699. The van der Waals surface area contributed by atoms with E-state index in [1.807, 2.05) is 30.3 Å². The van der Waals surface area contributed by atoms with E-state index in [1.165, 1.54) is 6.26 Å². The molecule has 1 aliphatic heterocycles. The van der Waals surface area contributed by atoms with Crippen molar-refractivity contribution in [3.63, 3.8) is 0 Å². The second kappa shape index (κ2) is 6.91. The Kier molecular flexibility index (Phi) is 4.71. The Labute approximate surface area is 139 Å². The topological polar surface area (TPSA) is 62.6 Å². The average Bonchev–Trinajstić information content (AvgIpc) is 3.22. The monoisotopic (exact) mass is 330 g/mol. The Hall–Kier alpha value is -2.21. The smallest absolute Gasteiger partial charge is 0.258 e. The van der Waals surface area contributed by atoms with Gasteiger partial charge in [-0.1, -0.05) is 30.3 Å². The van der Waals surface area contributed by atoms with Crippen molar-refractivity contribution in [2.75, 3.05) is 11.6 Å². The van der Waals surface area contributed by atoms with Gasteiger partial charge in [-0.05, 0) is 18.6 Å². The lowest BCUT2D eigenvalue weighted by molar-refractivity contribution is -0.124. The average molecular weight is 330 g/mol. The van der Waals surface area contributed by atoms with E-state index in [1.54, 1.807) is 29.7 Å². The van der Waals surface area contributed by atoms with E-state index in [0.717, 1.165) is 5.56 Å². The number of aryl methyl sites for hydroxylation is 1. The van der Waals surface area contributed by atoms with Crippen molar-refractivity contribution < 1.29 is 14.0 Å². The van der Waals surface area contributed by atoms with Crippen LogP contribution in [-0.4, -0.2) is 34.4 Å². The third-order valence-electron chi connectivity index (χ3n) is 3.84. The molecular weight excluding hydrogens is 312 g/mol. The normalized spacial score (nSPS) is 17.3. The molecule has 0 saturated carbocycles. The van der Waals surface area contributed by atoms with Crippen LogP contribution in [0.5, 0.6) is 0 Å². The molecule has 1 aliphatic rings. The zero-order valence-corrected chi connectivity index (χ0v) is 13.6. The SMILES string of the molecule is Cc1occc1C(=O)N1CSCC1C(=O)NCc1ccccc1. The van der Waals surface area contributed by atoms with Gasteiger partial charge >= 0.3 is 0 Å². The molecule has 1 aromatic heterocycles. The molecule has 2 amide bonds. The number of thioether (sulfide) groups is 1. The van der Waals surface area contributed by atoms with E-state index >= 15 is 0 Å². The molecule has 6 heteroatoms. The Morgan fingerprint density at radius 1 is 1.30 bits per heavy atom. The molecule has 2 aromatic rings. The van der Waals surface area contributed by atoms with Crippen LogP contribution in [0.3, 0.4) is 0 Å². The van der Waals surface area contributed by atoms with Gasteiger partial charge in [-0.2, -0.15) is 0 Å². The van der Waals surface area contributed by atoms with Gasteiger partial charge in [-0.25, -0.2) is 0 Å². The minimum atomic E-state index is -0.439. The standard InChI is InChI=1S/C17H18N2O3S/c1-12-14(7-8-22-12)17(21)19-11-23-10-15(19)16(20)18-9-13-5-3-2-4-6-13/h2-8,15H,9-11H2,1H3,(H,18,20). The molecule has 1 fully saturated rings. The van der Waals surface area contributed by atoms with Gasteiger partial charge in [0.2, 0.25) is 5.91 Å². The van der Waals surface area contributed by atoms with Crippen LogP contribution in [0.25, 0.3) is 0 Å². The third-order valence-corrected chi connectivity index (χ3v) is 4.86. The highest BCUT2D eigenvalue weighted by molar-refractivity contribution is 7.99. The van der Waals surface area contributed by atoms with E-state index in [2.05, 4.69) is 5.32 Å². The van der Waals surface area contributed by atoms with Gasteiger partial charge in [-0.15, -0.1) is 11.8 Å². The molecule has 120 valence electrons. The van der Waals surface area contributed by atoms with E-state index in [-0.39, 0.29) is 11.8 Å². The molecule has 1 aromatic carbocycles. The molecule has 2 heterocycles. The van der Waals surface area contributed by atoms with E-state index < -0.39 is 6.04 Å². The molecule has 23 heavy (non-hydrogen) atoms. The predicted octanol–water partition coefficient (Wildman–Crippen LogP) is 2.42. The summed E-state index contributed by atoms with van der Waals surface area (Å²) in [6.45, 7) is 2.22. The number of benzene rings is 1. The van der Waals surface area contributed by atoms with Gasteiger partial charge in [-0.3, -0.25) is 9.59 Å². The van der Waals surface area contributed by atoms with Crippen molar-refractivity contribution in [2.45, 2.75) is 19.5 Å². The van der Waals surface area contributed by atoms with E-state index in [9.17, 15) is 9.59 Å². The molecule has 0 spiro atoms. The number of rotatable bonds is 4. The van der Waals surface area contributed by atoms with Crippen molar-refractivity contribution >= 4 is 23.6 Å². The largest absolute Gasteiger partial charge is 0.469 e. The summed E-state index contributed by atoms with van der Waals surface area (Å²) in [7, 11) is 0. The molecule has 0 radical (unpaired) electrons. The number of nitrogens with zero attached hydrogens (tertiary/aromatic N) is 1. The highest BCUT2D eigenvalue weighted by Gasteiger charge is 2.35. The van der Waals surface area contributed by atoms with Crippen LogP contribution in [-0.2, 0) is 11.3 Å². The van der Waals surface area contributed by atoms with Gasteiger partial charge in [0, 0.05) is 12.3 Å². The lowest BCUT2D eigenvalue weighted by Crippen LogP contribution is -2.47. The van der Waals surface area contributed by atoms with E-state index in [0.29, 0.717) is 29.5 Å². The molecule has 1 N–H and O–H groups in total. The second-order valence-electron chi connectivity index (χ2n) is 5.38. The zero-order chi connectivity index (χ0) is 16.2. The summed E-state index contributed by atoms with van der Waals surface area (Å²) in [4.78, 5) is 26.7. The number of nitrogens with one attached hydrogen (secondary N) is 1. The highest BCUT2D eigenvalue weighted by atomic mass is 32.2. The first-order valence-electron chi connectivity index (χ1n) is 7.41. The molecule has 3 rings (SSSR count). The quantitative estimate of drug-likeness (QED) is 0.935. The molecule has 0 aliphatic carbocycles. The van der Waals surface area contributed by atoms with Gasteiger partial charge in [0.1, 0.15) is 11.8 Å². The van der Waals surface area contributed by atoms with Crippen LogP contribution in [0.15, 0.2) is 47.1 Å². The fourth-order valence-corrected chi connectivity index (χ4v) is 3.68. The van der Waals surface area contributed by atoms with Crippen molar-refractivity contribution in [3.05, 3.63) is 59.5 Å². The highest BCUT2D eigenvalue weighted by Crippen LogP contribution is 2.24. The first-order valence-corrected chi connectivity index (χ1v) is 8.56. The van der Waals surface area contributed by atoms with Crippen LogP contribution in [0.1, 0.15) is 21.7 Å². The van der Waals surface area contributed by atoms with Gasteiger partial charge in [0.05, 0.1) is 17.7 Å². The van der Waals surface area contributed by atoms with Crippen molar-refractivity contribution in [1.82, 2.24) is 10.2 Å². The number of hydrogen-bond acceptors (Lipinski definition) is 4. The third kappa shape index (κ3) is 3.42. The molecule has 0 bridgehead atoms. The summed E-state index contributed by atoms with van der Waals surface area (Å²) in [6.07, 6.45) is 1.50. The lowest BCUT2D eigenvalue weighted by atomic mass is 10.2. The molecule has 1 unspecified atom stereocenters. The Morgan fingerprint density at radius 3 is 2.78 bits per heavy atom. The summed E-state index contributed by atoms with van der Waals surface area (Å²) >= 11 is 1.59. The number of carbonyl (C=O) groups excluding carboxylic acids is 2. The maximum Gasteiger partial charge on any atom is 0.258 e. The maximum absolute atomic E-state index is 12.6. The van der Waals surface area contributed by atoms with Gasteiger partial charge < -0.3 is 14.6 Å². The van der Waals surface area contributed by atoms with Gasteiger partial charge in [0.25, 0.3) is 5.91 Å². The van der Waals surface area contributed by atoms with Crippen LogP contribution in [0.2, 0.25) is 0 Å². The molecular formula is C17H18N2O3S. The minimum absolute atomic E-state index is 0.117. The first kappa shape index (κ1) is 15.7. The fraction of sp³-hybridized carbons (Fsp3) is 0.294. The molecule has 1 saturated heterocycles. The number of amides is 2. The number of carbonyl (C=O) groups is 2. The van der Waals surface area contributed by atoms with Crippen LogP contribution >= 0.6 is 11.8 Å². The first-order chi connectivity index (χ1) is 11.2. The summed E-state index contributed by atoms with van der Waals surface area (Å²) < 4.78 is 5.19. The Balaban J connectivity index is 1.65. The predicted molar refractivity (Wildman–Crippen MR) is 89.0 cm³/mol. The summed E-state index contributed by atoms with van der Waals surface area (Å²) in [5, 5.41) is 2.92. The number of furan rings is 1. The van der Waals surface area contributed by atoms with Crippen molar-refractivity contribution in [1.29, 1.82) is 0 Å². The van der Waals surface area contributed by atoms with Crippen molar-refractivity contribution in [3.8, 4) is 0 Å². The van der Waals surface area contributed by atoms with Crippen LogP contribution in [0.4, 0.5) is 0 Å². The van der Waals surface area contributed by atoms with Crippen LogP contribution < -0.4 is 5.32 Å². The summed E-state index contributed by atoms with van der Waals surface area (Å²) in [5.41, 5.74) is 1.56. The van der Waals surface area contributed by atoms with Crippen LogP contribution in [0, 0.1) is 6.92 Å². The minimum Gasteiger partial charge on any atom is -0.469 e. The Morgan fingerprint density at radius 2 is 2.09 bits per heavy atom. The van der Waals surface area contributed by atoms with Gasteiger partial charge in [0.15, 0.2) is 0 Å². The second-order valence-corrected chi connectivity index (χ2v) is 6.38. The summed E-state index contributed by atoms with van der Waals surface area (Å²) in [5.74, 6) is 1.45. The summed E-state index contributed by atoms with van der Waals surface area (Å²) in [6, 6.07) is 10.9. The zero-order valence-electron chi connectivity index (χ0n) is 12.8. The maximum atomic E-state index is 12.6.